The number of rotatable bonds is 4. The maximum Gasteiger partial charge on any atom is 0.401 e. The molecular weight excluding hydrogens is 284 g/mol. The second-order valence-corrected chi connectivity index (χ2v) is 5.85. The van der Waals surface area contributed by atoms with Gasteiger partial charge >= 0.3 is 6.18 Å². The lowest BCUT2D eigenvalue weighted by Gasteiger charge is -2.36. The second kappa shape index (κ2) is 6.75. The van der Waals surface area contributed by atoms with Crippen LogP contribution in [0.3, 0.4) is 0 Å². The van der Waals surface area contributed by atoms with Crippen LogP contribution in [0.4, 0.5) is 17.6 Å². The molecule has 1 fully saturated rings. The fraction of sp³-hybridized carbons (Fsp3) is 0.600. The third-order valence-corrected chi connectivity index (χ3v) is 3.75. The molecular formula is C15H20F4N2. The quantitative estimate of drug-likeness (QED) is 0.861. The number of alkyl halides is 3. The number of nitrogens with zero attached hydrogens (tertiary/aromatic N) is 1. The first kappa shape index (κ1) is 16.2. The van der Waals surface area contributed by atoms with Crippen LogP contribution >= 0.6 is 0 Å². The largest absolute Gasteiger partial charge is 0.401 e. The summed E-state index contributed by atoms with van der Waals surface area (Å²) in [6.45, 7) is 0.520. The number of halogens is 4. The van der Waals surface area contributed by atoms with Crippen molar-refractivity contribution in [1.82, 2.24) is 10.2 Å². The van der Waals surface area contributed by atoms with E-state index < -0.39 is 12.7 Å². The van der Waals surface area contributed by atoms with E-state index in [-0.39, 0.29) is 17.8 Å². The Morgan fingerprint density at radius 1 is 1.19 bits per heavy atom. The highest BCUT2D eigenvalue weighted by atomic mass is 19.4. The van der Waals surface area contributed by atoms with Gasteiger partial charge in [-0.3, -0.25) is 0 Å². The fourth-order valence-corrected chi connectivity index (χ4v) is 2.95. The highest BCUT2D eigenvalue weighted by molar-refractivity contribution is 5.17. The molecule has 2 nitrogen and oxygen atoms in total. The molecule has 2 unspecified atom stereocenters. The molecule has 2 rings (SSSR count). The van der Waals surface area contributed by atoms with E-state index >= 15 is 0 Å². The van der Waals surface area contributed by atoms with Gasteiger partial charge in [0.15, 0.2) is 0 Å². The van der Waals surface area contributed by atoms with Crippen molar-refractivity contribution in [3.63, 3.8) is 0 Å². The molecule has 0 bridgehead atoms. The van der Waals surface area contributed by atoms with Crippen LogP contribution in [-0.2, 0) is 6.42 Å². The standard InChI is InChI=1S/C15H20F4N2/c1-21-8-12(6-11-2-4-13(16)5-3-11)7-14(9-21)20-10-15(17,18)19/h2-5,12,14,20H,6-10H2,1H3. The van der Waals surface area contributed by atoms with Gasteiger partial charge in [-0.15, -0.1) is 0 Å². The van der Waals surface area contributed by atoms with Gasteiger partial charge in [-0.2, -0.15) is 13.2 Å². The Bertz CT molecular complexity index is 444. The second-order valence-electron chi connectivity index (χ2n) is 5.85. The van der Waals surface area contributed by atoms with Crippen molar-refractivity contribution in [2.75, 3.05) is 26.7 Å². The van der Waals surface area contributed by atoms with E-state index in [0.29, 0.717) is 13.0 Å². The minimum Gasteiger partial charge on any atom is -0.305 e. The molecule has 1 heterocycles. The van der Waals surface area contributed by atoms with Crippen LogP contribution in [0.2, 0.25) is 0 Å². The summed E-state index contributed by atoms with van der Waals surface area (Å²) in [5.74, 6) is 0.00387. The summed E-state index contributed by atoms with van der Waals surface area (Å²) in [5.41, 5.74) is 1.02. The van der Waals surface area contributed by atoms with Crippen molar-refractivity contribution in [3.8, 4) is 0 Å². The smallest absolute Gasteiger partial charge is 0.305 e. The van der Waals surface area contributed by atoms with E-state index in [2.05, 4.69) is 5.32 Å². The van der Waals surface area contributed by atoms with Crippen molar-refractivity contribution < 1.29 is 17.6 Å². The molecule has 21 heavy (non-hydrogen) atoms. The van der Waals surface area contributed by atoms with E-state index in [1.165, 1.54) is 12.1 Å². The number of piperidine rings is 1. The third kappa shape index (κ3) is 5.63. The summed E-state index contributed by atoms with van der Waals surface area (Å²) in [4.78, 5) is 2.05. The first-order chi connectivity index (χ1) is 9.82. The highest BCUT2D eigenvalue weighted by Crippen LogP contribution is 2.22. The molecule has 118 valence electrons. The Labute approximate surface area is 122 Å². The Kier molecular flexibility index (Phi) is 5.22. The van der Waals surface area contributed by atoms with Gasteiger partial charge in [-0.25, -0.2) is 4.39 Å². The summed E-state index contributed by atoms with van der Waals surface area (Å²) in [7, 11) is 1.92. The van der Waals surface area contributed by atoms with E-state index in [1.54, 1.807) is 12.1 Å². The molecule has 0 radical (unpaired) electrons. The molecule has 0 amide bonds. The summed E-state index contributed by atoms with van der Waals surface area (Å²) < 4.78 is 49.7. The summed E-state index contributed by atoms with van der Waals surface area (Å²) in [5, 5.41) is 2.59. The zero-order valence-electron chi connectivity index (χ0n) is 12.0. The lowest BCUT2D eigenvalue weighted by molar-refractivity contribution is -0.127. The maximum absolute atomic E-state index is 12.9. The molecule has 1 aliphatic rings. The number of benzene rings is 1. The zero-order valence-corrected chi connectivity index (χ0v) is 12.0. The molecule has 6 heteroatoms. The third-order valence-electron chi connectivity index (χ3n) is 3.75. The van der Waals surface area contributed by atoms with Crippen molar-refractivity contribution in [2.45, 2.75) is 25.1 Å². The first-order valence-corrected chi connectivity index (χ1v) is 7.05. The van der Waals surface area contributed by atoms with Gasteiger partial charge in [0, 0.05) is 19.1 Å². The van der Waals surface area contributed by atoms with Crippen LogP contribution < -0.4 is 5.32 Å². The zero-order chi connectivity index (χ0) is 15.5. The average Bonchev–Trinajstić information content (AvgIpc) is 2.38. The van der Waals surface area contributed by atoms with Crippen LogP contribution in [0.5, 0.6) is 0 Å². The molecule has 0 aromatic heterocycles. The monoisotopic (exact) mass is 304 g/mol. The predicted molar refractivity (Wildman–Crippen MR) is 73.6 cm³/mol. The molecule has 0 aliphatic carbocycles. The predicted octanol–water partition coefficient (Wildman–Crippen LogP) is 2.84. The Balaban J connectivity index is 1.89. The van der Waals surface area contributed by atoms with Gasteiger partial charge in [0.05, 0.1) is 6.54 Å². The van der Waals surface area contributed by atoms with E-state index in [4.69, 9.17) is 0 Å². The van der Waals surface area contributed by atoms with Gasteiger partial charge in [-0.1, -0.05) is 12.1 Å². The molecule has 1 aliphatic heterocycles. The number of likely N-dealkylation sites (tertiary alicyclic amines) is 1. The minimum absolute atomic E-state index is 0.157. The first-order valence-electron chi connectivity index (χ1n) is 7.05. The number of hydrogen-bond donors (Lipinski definition) is 1. The van der Waals surface area contributed by atoms with E-state index in [1.807, 2.05) is 11.9 Å². The van der Waals surface area contributed by atoms with Crippen molar-refractivity contribution >= 4 is 0 Å². The van der Waals surface area contributed by atoms with Crippen LogP contribution in [0.25, 0.3) is 0 Å². The summed E-state index contributed by atoms with van der Waals surface area (Å²) in [6, 6.07) is 6.16. The van der Waals surface area contributed by atoms with Gasteiger partial charge < -0.3 is 10.2 Å². The summed E-state index contributed by atoms with van der Waals surface area (Å²) in [6.07, 6.45) is -2.71. The minimum atomic E-state index is -4.18. The van der Waals surface area contributed by atoms with Gasteiger partial charge in [0.1, 0.15) is 5.82 Å². The molecule has 1 aromatic rings. The van der Waals surface area contributed by atoms with Crippen molar-refractivity contribution in [1.29, 1.82) is 0 Å². The number of hydrogen-bond acceptors (Lipinski definition) is 2. The SMILES string of the molecule is CN1CC(Cc2ccc(F)cc2)CC(NCC(F)(F)F)C1. The van der Waals surface area contributed by atoms with Crippen LogP contribution in [0.15, 0.2) is 24.3 Å². The Morgan fingerprint density at radius 3 is 2.48 bits per heavy atom. The van der Waals surface area contributed by atoms with Gasteiger partial charge in [0.2, 0.25) is 0 Å². The van der Waals surface area contributed by atoms with Gasteiger partial charge in [0.25, 0.3) is 0 Å². The van der Waals surface area contributed by atoms with Crippen LogP contribution in [0.1, 0.15) is 12.0 Å². The average molecular weight is 304 g/mol. The number of likely N-dealkylation sites (N-methyl/N-ethyl adjacent to an activating group) is 1. The van der Waals surface area contributed by atoms with Crippen molar-refractivity contribution in [2.24, 2.45) is 5.92 Å². The molecule has 1 saturated heterocycles. The van der Waals surface area contributed by atoms with Gasteiger partial charge in [-0.05, 0) is 43.5 Å². The Morgan fingerprint density at radius 2 is 1.86 bits per heavy atom. The molecule has 1 N–H and O–H groups in total. The normalized spacial score (nSPS) is 24.2. The summed E-state index contributed by atoms with van der Waals surface area (Å²) >= 11 is 0. The fourth-order valence-electron chi connectivity index (χ4n) is 2.95. The van der Waals surface area contributed by atoms with Crippen molar-refractivity contribution in [3.05, 3.63) is 35.6 Å². The van der Waals surface area contributed by atoms with E-state index in [9.17, 15) is 17.6 Å². The topological polar surface area (TPSA) is 15.3 Å². The lowest BCUT2D eigenvalue weighted by Crippen LogP contribution is -2.50. The van der Waals surface area contributed by atoms with Crippen LogP contribution in [0, 0.1) is 11.7 Å². The maximum atomic E-state index is 12.9. The highest BCUT2D eigenvalue weighted by Gasteiger charge is 2.31. The van der Waals surface area contributed by atoms with Crippen LogP contribution in [-0.4, -0.2) is 43.8 Å². The Hall–Kier alpha value is -1.14. The lowest BCUT2D eigenvalue weighted by atomic mass is 9.89. The van der Waals surface area contributed by atoms with E-state index in [0.717, 1.165) is 18.5 Å². The number of nitrogens with one attached hydrogen (secondary N) is 1. The molecule has 0 spiro atoms. The molecule has 0 saturated carbocycles. The molecule has 1 aromatic carbocycles. The molecule has 2 atom stereocenters.